The molecule has 0 unspecified atom stereocenters. The van der Waals surface area contributed by atoms with Gasteiger partial charge in [0.25, 0.3) is 0 Å². The van der Waals surface area contributed by atoms with E-state index in [2.05, 4.69) is 0 Å². The van der Waals surface area contributed by atoms with Crippen LogP contribution in [0.3, 0.4) is 0 Å². The van der Waals surface area contributed by atoms with Gasteiger partial charge in [-0.3, -0.25) is 0 Å². The molecule has 0 amide bonds. The van der Waals surface area contributed by atoms with E-state index in [0.717, 1.165) is 33.6 Å². The first kappa shape index (κ1) is 21.4. The molecule has 3 aromatic rings. The number of ether oxygens (including phenoxy) is 6. The molecule has 1 atom stereocenters. The zero-order valence-electron chi connectivity index (χ0n) is 19.5. The second kappa shape index (κ2) is 8.58. The number of carbonyl (C=O) groups is 1. The summed E-state index contributed by atoms with van der Waals surface area (Å²) in [5.74, 6) is 2.29. The van der Waals surface area contributed by atoms with Crippen LogP contribution in [-0.2, 0) is 22.6 Å². The molecule has 0 aromatic heterocycles. The maximum atomic E-state index is 12.8. The summed E-state index contributed by atoms with van der Waals surface area (Å²) in [4.78, 5) is 12.8. The van der Waals surface area contributed by atoms with Crippen LogP contribution < -0.4 is 23.7 Å². The van der Waals surface area contributed by atoms with Crippen LogP contribution in [0, 0.1) is 0 Å². The van der Waals surface area contributed by atoms with Gasteiger partial charge in [0.1, 0.15) is 13.2 Å². The van der Waals surface area contributed by atoms with Crippen LogP contribution >= 0.6 is 0 Å². The molecule has 6 rings (SSSR count). The summed E-state index contributed by atoms with van der Waals surface area (Å²) in [7, 11) is 3.19. The summed E-state index contributed by atoms with van der Waals surface area (Å²) in [5.41, 5.74) is 5.58. The lowest BCUT2D eigenvalue weighted by Gasteiger charge is -2.27. The first-order valence-electron chi connectivity index (χ1n) is 11.4. The van der Waals surface area contributed by atoms with Crippen molar-refractivity contribution in [2.45, 2.75) is 18.9 Å². The van der Waals surface area contributed by atoms with Gasteiger partial charge >= 0.3 is 5.97 Å². The standard InChI is InChI=1S/C28H24O7/c1-30-23-10-18(11-24(31-2)27(23)32-13-16-6-4-3-5-7-16)25-20-12-22-21(34-15-35-22)9-17(20)8-19-14-33-28(29)26(19)25/h3-7,9-12,25H,8,13-15H2,1-2H3/t25-/m0/s1. The van der Waals surface area contributed by atoms with Crippen molar-refractivity contribution >= 4 is 5.97 Å². The molecule has 0 spiro atoms. The number of methoxy groups -OCH3 is 2. The Bertz CT molecular complexity index is 1320. The van der Waals surface area contributed by atoms with Gasteiger partial charge in [-0.25, -0.2) is 4.79 Å². The summed E-state index contributed by atoms with van der Waals surface area (Å²) in [5, 5.41) is 0. The van der Waals surface area contributed by atoms with E-state index < -0.39 is 0 Å². The highest BCUT2D eigenvalue weighted by atomic mass is 16.7. The molecule has 35 heavy (non-hydrogen) atoms. The Morgan fingerprint density at radius 1 is 0.914 bits per heavy atom. The van der Waals surface area contributed by atoms with Crippen molar-refractivity contribution in [1.82, 2.24) is 0 Å². The van der Waals surface area contributed by atoms with Crippen LogP contribution in [0.1, 0.15) is 28.2 Å². The van der Waals surface area contributed by atoms with E-state index in [0.29, 0.717) is 48.2 Å². The Labute approximate surface area is 202 Å². The lowest BCUT2D eigenvalue weighted by molar-refractivity contribution is -0.136. The molecule has 7 heteroatoms. The molecule has 0 fully saturated rings. The summed E-state index contributed by atoms with van der Waals surface area (Å²) in [6, 6.07) is 17.7. The van der Waals surface area contributed by atoms with Crippen molar-refractivity contribution < 1.29 is 33.2 Å². The van der Waals surface area contributed by atoms with Crippen molar-refractivity contribution in [3.05, 3.63) is 88.0 Å². The summed E-state index contributed by atoms with van der Waals surface area (Å²) in [6.45, 7) is 0.850. The second-order valence-corrected chi connectivity index (χ2v) is 8.64. The fourth-order valence-electron chi connectivity index (χ4n) is 5.01. The van der Waals surface area contributed by atoms with Gasteiger partial charge in [0.05, 0.1) is 19.8 Å². The van der Waals surface area contributed by atoms with E-state index in [1.807, 2.05) is 54.6 Å². The Morgan fingerprint density at radius 2 is 1.63 bits per heavy atom. The summed E-state index contributed by atoms with van der Waals surface area (Å²) in [6.07, 6.45) is 0.635. The zero-order valence-corrected chi connectivity index (χ0v) is 19.5. The highest BCUT2D eigenvalue weighted by molar-refractivity contribution is 5.95. The van der Waals surface area contributed by atoms with Crippen LogP contribution in [-0.4, -0.2) is 33.6 Å². The first-order chi connectivity index (χ1) is 17.2. The molecule has 0 radical (unpaired) electrons. The molecule has 0 saturated heterocycles. The minimum absolute atomic E-state index is 0.188. The summed E-state index contributed by atoms with van der Waals surface area (Å²) >= 11 is 0. The minimum Gasteiger partial charge on any atom is -0.493 e. The van der Waals surface area contributed by atoms with Crippen LogP contribution in [0.25, 0.3) is 0 Å². The van der Waals surface area contributed by atoms with E-state index in [9.17, 15) is 4.79 Å². The number of hydrogen-bond acceptors (Lipinski definition) is 7. The molecular formula is C28H24O7. The second-order valence-electron chi connectivity index (χ2n) is 8.64. The molecule has 178 valence electrons. The fourth-order valence-corrected chi connectivity index (χ4v) is 5.01. The first-order valence-corrected chi connectivity index (χ1v) is 11.4. The normalized spacial score (nSPS) is 17.5. The van der Waals surface area contributed by atoms with E-state index in [4.69, 9.17) is 28.4 Å². The molecule has 7 nitrogen and oxygen atoms in total. The van der Waals surface area contributed by atoms with Gasteiger partial charge in [0, 0.05) is 5.92 Å². The minimum atomic E-state index is -0.357. The monoisotopic (exact) mass is 472 g/mol. The number of cyclic esters (lactones) is 1. The van der Waals surface area contributed by atoms with Gasteiger partial charge in [0.2, 0.25) is 12.5 Å². The quantitative estimate of drug-likeness (QED) is 0.487. The predicted octanol–water partition coefficient (Wildman–Crippen LogP) is 4.55. The Balaban J connectivity index is 1.45. The molecule has 0 N–H and O–H groups in total. The SMILES string of the molecule is COc1cc([C@@H]2C3=C(COC3=O)Cc3cc4c(cc32)OCO4)cc(OC)c1OCc1ccccc1. The smallest absolute Gasteiger partial charge is 0.335 e. The molecule has 3 aliphatic rings. The van der Waals surface area contributed by atoms with Gasteiger partial charge in [-0.15, -0.1) is 0 Å². The zero-order chi connectivity index (χ0) is 23.9. The van der Waals surface area contributed by atoms with E-state index >= 15 is 0 Å². The van der Waals surface area contributed by atoms with Crippen LogP contribution in [0.4, 0.5) is 0 Å². The topological polar surface area (TPSA) is 72.5 Å². The molecule has 2 aliphatic heterocycles. The molecule has 0 saturated carbocycles. The fraction of sp³-hybridized carbons (Fsp3) is 0.250. The molecule has 2 heterocycles. The van der Waals surface area contributed by atoms with Gasteiger partial charge < -0.3 is 28.4 Å². The van der Waals surface area contributed by atoms with Gasteiger partial charge in [0.15, 0.2) is 23.0 Å². The van der Waals surface area contributed by atoms with Crippen molar-refractivity contribution in [2.24, 2.45) is 0 Å². The maximum Gasteiger partial charge on any atom is 0.335 e. The summed E-state index contributed by atoms with van der Waals surface area (Å²) < 4.78 is 34.3. The van der Waals surface area contributed by atoms with Gasteiger partial charge in [-0.05, 0) is 58.5 Å². The largest absolute Gasteiger partial charge is 0.493 e. The molecule has 3 aromatic carbocycles. The molecule has 1 aliphatic carbocycles. The van der Waals surface area contributed by atoms with Crippen LogP contribution in [0.2, 0.25) is 0 Å². The number of fused-ring (bicyclic) bond motifs is 2. The Morgan fingerprint density at radius 3 is 2.34 bits per heavy atom. The van der Waals surface area contributed by atoms with Crippen LogP contribution in [0.5, 0.6) is 28.7 Å². The van der Waals surface area contributed by atoms with E-state index in [1.165, 1.54) is 0 Å². The third kappa shape index (κ3) is 3.64. The number of hydrogen-bond donors (Lipinski definition) is 0. The van der Waals surface area contributed by atoms with E-state index in [-0.39, 0.29) is 18.7 Å². The van der Waals surface area contributed by atoms with Crippen molar-refractivity contribution in [2.75, 3.05) is 27.6 Å². The maximum absolute atomic E-state index is 12.8. The highest BCUT2D eigenvalue weighted by Gasteiger charge is 2.40. The number of esters is 1. The number of rotatable bonds is 6. The lowest BCUT2D eigenvalue weighted by Crippen LogP contribution is -2.18. The van der Waals surface area contributed by atoms with Crippen molar-refractivity contribution in [3.8, 4) is 28.7 Å². The number of benzene rings is 3. The lowest BCUT2D eigenvalue weighted by atomic mass is 9.75. The predicted molar refractivity (Wildman–Crippen MR) is 126 cm³/mol. The Hall–Kier alpha value is -4.13. The third-order valence-corrected chi connectivity index (χ3v) is 6.66. The molecular weight excluding hydrogens is 448 g/mol. The highest BCUT2D eigenvalue weighted by Crippen LogP contribution is 2.50. The van der Waals surface area contributed by atoms with Gasteiger partial charge in [-0.2, -0.15) is 0 Å². The third-order valence-electron chi connectivity index (χ3n) is 6.66. The van der Waals surface area contributed by atoms with Gasteiger partial charge in [-0.1, -0.05) is 30.3 Å². The molecule has 0 bridgehead atoms. The average molecular weight is 472 g/mol. The van der Waals surface area contributed by atoms with Crippen LogP contribution in [0.15, 0.2) is 65.7 Å². The van der Waals surface area contributed by atoms with Crippen molar-refractivity contribution in [1.29, 1.82) is 0 Å². The van der Waals surface area contributed by atoms with E-state index in [1.54, 1.807) is 14.2 Å². The Kier molecular flexibility index (Phi) is 5.25. The number of carbonyl (C=O) groups excluding carboxylic acids is 1. The van der Waals surface area contributed by atoms with Crippen molar-refractivity contribution in [3.63, 3.8) is 0 Å². The average Bonchev–Trinajstić information content (AvgIpc) is 3.50.